The van der Waals surface area contributed by atoms with Gasteiger partial charge in [-0.15, -0.1) is 11.3 Å². The molecule has 2 aromatic rings. The average molecular weight is 316 g/mol. The van der Waals surface area contributed by atoms with E-state index < -0.39 is 24.2 Å². The molecule has 0 aliphatic carbocycles. The highest BCUT2D eigenvalue weighted by atomic mass is 32.1. The van der Waals surface area contributed by atoms with Crippen LogP contribution in [0.25, 0.3) is 0 Å². The lowest BCUT2D eigenvalue weighted by Crippen LogP contribution is -2.44. The molecule has 1 unspecified atom stereocenters. The number of carbonyl (C=O) groups is 1. The number of thiophene rings is 1. The molecule has 1 aromatic heterocycles. The Balaban J connectivity index is 2.19. The fourth-order valence-electron chi connectivity index (χ4n) is 1.71. The van der Waals surface area contributed by atoms with E-state index in [0.717, 1.165) is 17.4 Å². The van der Waals surface area contributed by atoms with E-state index in [1.807, 2.05) is 0 Å². The fourth-order valence-corrected chi connectivity index (χ4v) is 2.55. The number of esters is 1. The lowest BCUT2D eigenvalue weighted by atomic mass is 9.97. The smallest absolute Gasteiger partial charge is 0.422 e. The predicted molar refractivity (Wildman–Crippen MR) is 71.0 cm³/mol. The third-order valence-corrected chi connectivity index (χ3v) is 3.79. The van der Waals surface area contributed by atoms with Crippen molar-refractivity contribution in [3.63, 3.8) is 0 Å². The molecule has 1 N–H and O–H groups in total. The highest BCUT2D eigenvalue weighted by Gasteiger charge is 2.57. The first-order valence-corrected chi connectivity index (χ1v) is 6.80. The van der Waals surface area contributed by atoms with Crippen LogP contribution in [0, 0.1) is 0 Å². The van der Waals surface area contributed by atoms with Gasteiger partial charge in [-0.05, 0) is 23.6 Å². The second-order valence-electron chi connectivity index (χ2n) is 4.30. The standard InChI is InChI=1S/C14H11F3O3S/c15-14(16,17)13(19,11-7-4-8-21-11)9-12(18)20-10-5-2-1-3-6-10/h1-8,19H,9H2. The Morgan fingerprint density at radius 2 is 1.81 bits per heavy atom. The van der Waals surface area contributed by atoms with Gasteiger partial charge in [0, 0.05) is 4.88 Å². The summed E-state index contributed by atoms with van der Waals surface area (Å²) in [5.74, 6) is -1.03. The first-order chi connectivity index (χ1) is 9.83. The van der Waals surface area contributed by atoms with Crippen LogP contribution in [0.15, 0.2) is 47.8 Å². The highest BCUT2D eigenvalue weighted by Crippen LogP contribution is 2.43. The van der Waals surface area contributed by atoms with Crippen molar-refractivity contribution in [2.24, 2.45) is 0 Å². The Morgan fingerprint density at radius 1 is 1.14 bits per heavy atom. The van der Waals surface area contributed by atoms with Crippen molar-refractivity contribution in [1.29, 1.82) is 0 Å². The van der Waals surface area contributed by atoms with Crippen LogP contribution in [0.5, 0.6) is 5.75 Å². The molecule has 112 valence electrons. The molecule has 0 spiro atoms. The number of hydrogen-bond acceptors (Lipinski definition) is 4. The van der Waals surface area contributed by atoms with Crippen LogP contribution in [0.2, 0.25) is 0 Å². The molecule has 0 radical (unpaired) electrons. The molecule has 1 atom stereocenters. The Labute approximate surface area is 122 Å². The quantitative estimate of drug-likeness (QED) is 0.694. The summed E-state index contributed by atoms with van der Waals surface area (Å²) in [5.41, 5.74) is -3.24. The summed E-state index contributed by atoms with van der Waals surface area (Å²) in [6, 6.07) is 10.2. The zero-order valence-electron chi connectivity index (χ0n) is 10.6. The van der Waals surface area contributed by atoms with Gasteiger partial charge in [-0.2, -0.15) is 13.2 Å². The number of para-hydroxylation sites is 1. The lowest BCUT2D eigenvalue weighted by Gasteiger charge is -2.28. The van der Waals surface area contributed by atoms with Gasteiger partial charge >= 0.3 is 12.1 Å². The Hall–Kier alpha value is -1.86. The van der Waals surface area contributed by atoms with Gasteiger partial charge in [-0.1, -0.05) is 24.3 Å². The Bertz CT molecular complexity index is 596. The number of benzene rings is 1. The molecule has 0 saturated carbocycles. The zero-order valence-corrected chi connectivity index (χ0v) is 11.4. The van der Waals surface area contributed by atoms with Gasteiger partial charge in [-0.3, -0.25) is 4.79 Å². The third-order valence-electron chi connectivity index (χ3n) is 2.77. The monoisotopic (exact) mass is 316 g/mol. The molecule has 3 nitrogen and oxygen atoms in total. The van der Waals surface area contributed by atoms with Crippen LogP contribution in [0.3, 0.4) is 0 Å². The number of hydrogen-bond donors (Lipinski definition) is 1. The van der Waals surface area contributed by atoms with Gasteiger partial charge in [0.25, 0.3) is 0 Å². The molecule has 0 aliphatic rings. The number of rotatable bonds is 4. The van der Waals surface area contributed by atoms with Crippen molar-refractivity contribution in [2.45, 2.75) is 18.2 Å². The van der Waals surface area contributed by atoms with Gasteiger partial charge in [0.05, 0.1) is 6.42 Å². The molecule has 0 saturated heterocycles. The van der Waals surface area contributed by atoms with Crippen molar-refractivity contribution in [3.05, 3.63) is 52.7 Å². The molecule has 1 aromatic carbocycles. The lowest BCUT2D eigenvalue weighted by molar-refractivity contribution is -0.267. The molecule has 0 fully saturated rings. The summed E-state index contributed by atoms with van der Waals surface area (Å²) >= 11 is 0.727. The van der Waals surface area contributed by atoms with E-state index in [9.17, 15) is 23.1 Å². The third kappa shape index (κ3) is 3.43. The van der Waals surface area contributed by atoms with Crippen LogP contribution in [-0.4, -0.2) is 17.3 Å². The maximum absolute atomic E-state index is 13.1. The van der Waals surface area contributed by atoms with Gasteiger partial charge in [-0.25, -0.2) is 0 Å². The largest absolute Gasteiger partial charge is 0.426 e. The molecular formula is C14H11F3O3S. The number of alkyl halides is 3. The second kappa shape index (κ2) is 5.87. The topological polar surface area (TPSA) is 46.5 Å². The maximum Gasteiger partial charge on any atom is 0.422 e. The number of carbonyl (C=O) groups excluding carboxylic acids is 1. The average Bonchev–Trinajstić information content (AvgIpc) is 2.92. The van der Waals surface area contributed by atoms with E-state index >= 15 is 0 Å². The van der Waals surface area contributed by atoms with Gasteiger partial charge in [0.2, 0.25) is 5.60 Å². The Morgan fingerprint density at radius 3 is 2.33 bits per heavy atom. The molecular weight excluding hydrogens is 305 g/mol. The van der Waals surface area contributed by atoms with Crippen LogP contribution >= 0.6 is 11.3 Å². The minimum atomic E-state index is -4.98. The van der Waals surface area contributed by atoms with Crippen LogP contribution in [0.1, 0.15) is 11.3 Å². The van der Waals surface area contributed by atoms with Crippen LogP contribution in [0.4, 0.5) is 13.2 Å². The van der Waals surface area contributed by atoms with E-state index in [0.29, 0.717) is 0 Å². The van der Waals surface area contributed by atoms with E-state index in [2.05, 4.69) is 0 Å². The summed E-state index contributed by atoms with van der Waals surface area (Å²) in [7, 11) is 0. The highest BCUT2D eigenvalue weighted by molar-refractivity contribution is 7.10. The summed E-state index contributed by atoms with van der Waals surface area (Å²) in [6.45, 7) is 0. The van der Waals surface area contributed by atoms with Gasteiger partial charge < -0.3 is 9.84 Å². The van der Waals surface area contributed by atoms with Crippen molar-refractivity contribution in [1.82, 2.24) is 0 Å². The number of halogens is 3. The van der Waals surface area contributed by atoms with E-state index in [4.69, 9.17) is 4.74 Å². The summed E-state index contributed by atoms with van der Waals surface area (Å²) in [4.78, 5) is 11.3. The molecule has 2 rings (SSSR count). The second-order valence-corrected chi connectivity index (χ2v) is 5.25. The zero-order chi connectivity index (χ0) is 15.5. The molecule has 0 aliphatic heterocycles. The fraction of sp³-hybridized carbons (Fsp3) is 0.214. The van der Waals surface area contributed by atoms with E-state index in [-0.39, 0.29) is 10.6 Å². The Kier molecular flexibility index (Phi) is 4.34. The molecule has 21 heavy (non-hydrogen) atoms. The first kappa shape index (κ1) is 15.5. The predicted octanol–water partition coefficient (Wildman–Crippen LogP) is 3.49. The number of aliphatic hydroxyl groups is 1. The minimum Gasteiger partial charge on any atom is -0.426 e. The molecule has 0 amide bonds. The van der Waals surface area contributed by atoms with Crippen molar-refractivity contribution < 1.29 is 27.8 Å². The van der Waals surface area contributed by atoms with E-state index in [1.54, 1.807) is 18.2 Å². The summed E-state index contributed by atoms with van der Waals surface area (Å²) in [6.07, 6.45) is -6.18. The van der Waals surface area contributed by atoms with Gasteiger partial charge in [0.15, 0.2) is 0 Å². The molecule has 0 bridgehead atoms. The molecule has 7 heteroatoms. The van der Waals surface area contributed by atoms with Gasteiger partial charge in [0.1, 0.15) is 5.75 Å². The maximum atomic E-state index is 13.1. The molecule has 1 heterocycles. The summed E-state index contributed by atoms with van der Waals surface area (Å²) in [5, 5.41) is 11.3. The minimum absolute atomic E-state index is 0.123. The van der Waals surface area contributed by atoms with Crippen LogP contribution in [-0.2, 0) is 10.4 Å². The SMILES string of the molecule is O=C(CC(O)(c1cccs1)C(F)(F)F)Oc1ccccc1. The van der Waals surface area contributed by atoms with Crippen molar-refractivity contribution >= 4 is 17.3 Å². The van der Waals surface area contributed by atoms with Crippen LogP contribution < -0.4 is 4.74 Å². The normalized spacial score (nSPS) is 14.5. The van der Waals surface area contributed by atoms with Crippen molar-refractivity contribution in [2.75, 3.05) is 0 Å². The first-order valence-electron chi connectivity index (χ1n) is 5.92. The number of ether oxygens (including phenoxy) is 1. The van der Waals surface area contributed by atoms with E-state index in [1.165, 1.54) is 23.6 Å². The van der Waals surface area contributed by atoms with Crippen molar-refractivity contribution in [3.8, 4) is 5.75 Å². The summed E-state index contributed by atoms with van der Waals surface area (Å²) < 4.78 is 44.2.